The number of benzene rings is 2. The molecule has 4 rings (SSSR count). The summed E-state index contributed by atoms with van der Waals surface area (Å²) in [5.41, 5.74) is 2.75. The van der Waals surface area contributed by atoms with Crippen LogP contribution < -0.4 is 0 Å². The molecule has 2 aromatic rings. The van der Waals surface area contributed by atoms with Crippen LogP contribution in [0, 0.1) is 5.92 Å². The monoisotopic (exact) mass is 394 g/mol. The maximum Gasteiger partial charge on any atom is 0.278 e. The van der Waals surface area contributed by atoms with Crippen LogP contribution in [0.15, 0.2) is 60.3 Å². The summed E-state index contributed by atoms with van der Waals surface area (Å²) in [5, 5.41) is 0.633. The van der Waals surface area contributed by atoms with Crippen LogP contribution in [0.2, 0.25) is 5.02 Å². The van der Waals surface area contributed by atoms with E-state index in [1.54, 1.807) is 12.1 Å². The molecule has 5 heteroatoms. The van der Waals surface area contributed by atoms with Gasteiger partial charge in [0.2, 0.25) is 0 Å². The quantitative estimate of drug-likeness (QED) is 0.724. The Balaban J connectivity index is 1.71. The van der Waals surface area contributed by atoms with Gasteiger partial charge in [-0.05, 0) is 42.0 Å². The molecule has 0 radical (unpaired) electrons. The maximum absolute atomic E-state index is 13.4. The Kier molecular flexibility index (Phi) is 5.23. The van der Waals surface area contributed by atoms with E-state index in [0.717, 1.165) is 37.1 Å². The summed E-state index contributed by atoms with van der Waals surface area (Å²) >= 11 is 5.96. The van der Waals surface area contributed by atoms with Gasteiger partial charge in [-0.1, -0.05) is 61.0 Å². The molecule has 2 amide bonds. The average molecular weight is 395 g/mol. The molecule has 0 bridgehead atoms. The van der Waals surface area contributed by atoms with Gasteiger partial charge in [0.25, 0.3) is 11.8 Å². The number of rotatable bonds is 4. The van der Waals surface area contributed by atoms with Crippen LogP contribution in [0.4, 0.5) is 0 Å². The van der Waals surface area contributed by atoms with E-state index in [2.05, 4.69) is 11.8 Å². The predicted molar refractivity (Wildman–Crippen MR) is 110 cm³/mol. The molecule has 0 aromatic heterocycles. The second-order valence-electron chi connectivity index (χ2n) is 7.61. The highest BCUT2D eigenvalue weighted by Crippen LogP contribution is 2.34. The number of hydrogen-bond acceptors (Lipinski definition) is 3. The SMILES string of the molecule is CC1CCCN(C2=C(c3ccccc3)C(=O)N(Cc3ccc(Cl)cc3)C2=O)C1. The molecule has 2 heterocycles. The molecule has 1 fully saturated rings. The van der Waals surface area contributed by atoms with Crippen LogP contribution in [-0.2, 0) is 16.1 Å². The molecule has 1 saturated heterocycles. The van der Waals surface area contributed by atoms with Gasteiger partial charge in [-0.15, -0.1) is 0 Å². The Morgan fingerprint density at radius 2 is 1.71 bits per heavy atom. The van der Waals surface area contributed by atoms with Gasteiger partial charge in [-0.2, -0.15) is 0 Å². The molecule has 2 aromatic carbocycles. The molecule has 144 valence electrons. The Morgan fingerprint density at radius 1 is 1.00 bits per heavy atom. The number of halogens is 1. The van der Waals surface area contributed by atoms with Crippen molar-refractivity contribution in [2.75, 3.05) is 13.1 Å². The van der Waals surface area contributed by atoms with E-state index in [4.69, 9.17) is 11.6 Å². The fourth-order valence-corrected chi connectivity index (χ4v) is 4.16. The minimum absolute atomic E-state index is 0.201. The Labute approximate surface area is 170 Å². The molecule has 0 N–H and O–H groups in total. The van der Waals surface area contributed by atoms with Crippen molar-refractivity contribution < 1.29 is 9.59 Å². The second kappa shape index (κ2) is 7.80. The minimum Gasteiger partial charge on any atom is -0.366 e. The van der Waals surface area contributed by atoms with Crippen LogP contribution in [-0.4, -0.2) is 34.7 Å². The Bertz CT molecular complexity index is 921. The third-order valence-electron chi connectivity index (χ3n) is 5.43. The highest BCUT2D eigenvalue weighted by atomic mass is 35.5. The first-order chi connectivity index (χ1) is 13.5. The summed E-state index contributed by atoms with van der Waals surface area (Å²) in [4.78, 5) is 30.1. The number of likely N-dealkylation sites (tertiary alicyclic amines) is 1. The van der Waals surface area contributed by atoms with Crippen molar-refractivity contribution in [1.82, 2.24) is 9.80 Å². The van der Waals surface area contributed by atoms with Gasteiger partial charge in [0.1, 0.15) is 5.70 Å². The van der Waals surface area contributed by atoms with Crippen molar-refractivity contribution in [3.8, 4) is 0 Å². The second-order valence-corrected chi connectivity index (χ2v) is 8.04. The van der Waals surface area contributed by atoms with Crippen LogP contribution in [0.25, 0.3) is 5.57 Å². The van der Waals surface area contributed by atoms with E-state index in [-0.39, 0.29) is 18.4 Å². The first-order valence-electron chi connectivity index (χ1n) is 9.70. The molecule has 1 atom stereocenters. The summed E-state index contributed by atoms with van der Waals surface area (Å²) in [5.74, 6) is 0.0822. The van der Waals surface area contributed by atoms with E-state index < -0.39 is 0 Å². The molecule has 0 aliphatic carbocycles. The van der Waals surface area contributed by atoms with Gasteiger partial charge in [0, 0.05) is 18.1 Å². The van der Waals surface area contributed by atoms with Gasteiger partial charge >= 0.3 is 0 Å². The molecule has 1 unspecified atom stereocenters. The molecule has 2 aliphatic rings. The van der Waals surface area contributed by atoms with E-state index in [1.165, 1.54) is 4.90 Å². The number of amides is 2. The zero-order valence-corrected chi connectivity index (χ0v) is 16.7. The van der Waals surface area contributed by atoms with Crippen molar-refractivity contribution in [3.63, 3.8) is 0 Å². The molecule has 28 heavy (non-hydrogen) atoms. The summed E-state index contributed by atoms with van der Waals surface area (Å²) in [6.07, 6.45) is 2.19. The molecular formula is C23H23ClN2O2. The number of piperidine rings is 1. The number of nitrogens with zero attached hydrogens (tertiary/aromatic N) is 2. The van der Waals surface area contributed by atoms with Crippen molar-refractivity contribution in [3.05, 3.63) is 76.4 Å². The summed E-state index contributed by atoms with van der Waals surface area (Å²) in [6, 6.07) is 16.8. The van der Waals surface area contributed by atoms with E-state index >= 15 is 0 Å². The van der Waals surface area contributed by atoms with Crippen LogP contribution >= 0.6 is 11.6 Å². The van der Waals surface area contributed by atoms with Gasteiger partial charge in [0.05, 0.1) is 12.1 Å². The highest BCUT2D eigenvalue weighted by molar-refractivity contribution is 6.35. The van der Waals surface area contributed by atoms with Crippen molar-refractivity contribution in [2.24, 2.45) is 5.92 Å². The topological polar surface area (TPSA) is 40.6 Å². The maximum atomic E-state index is 13.4. The van der Waals surface area contributed by atoms with Crippen molar-refractivity contribution in [1.29, 1.82) is 0 Å². The average Bonchev–Trinajstić information content (AvgIpc) is 2.95. The molecule has 2 aliphatic heterocycles. The normalized spacial score (nSPS) is 20.3. The number of hydrogen-bond donors (Lipinski definition) is 0. The minimum atomic E-state index is -0.223. The lowest BCUT2D eigenvalue weighted by atomic mass is 9.98. The number of imide groups is 1. The standard InChI is InChI=1S/C23H23ClN2O2/c1-16-6-5-13-25(14-16)21-20(18-7-3-2-4-8-18)22(27)26(23(21)28)15-17-9-11-19(24)12-10-17/h2-4,7-12,16H,5-6,13-15H2,1H3. The van der Waals surface area contributed by atoms with E-state index in [0.29, 0.717) is 22.2 Å². The van der Waals surface area contributed by atoms with Gasteiger partial charge < -0.3 is 4.90 Å². The lowest BCUT2D eigenvalue weighted by molar-refractivity contribution is -0.138. The third kappa shape index (κ3) is 3.57. The largest absolute Gasteiger partial charge is 0.366 e. The summed E-state index contributed by atoms with van der Waals surface area (Å²) in [6.45, 7) is 4.06. The first-order valence-corrected chi connectivity index (χ1v) is 10.1. The van der Waals surface area contributed by atoms with Gasteiger partial charge in [-0.3, -0.25) is 14.5 Å². The highest BCUT2D eigenvalue weighted by Gasteiger charge is 2.42. The van der Waals surface area contributed by atoms with Crippen LogP contribution in [0.1, 0.15) is 30.9 Å². The molecule has 4 nitrogen and oxygen atoms in total. The smallest absolute Gasteiger partial charge is 0.278 e. The Hall–Kier alpha value is -2.59. The first kappa shape index (κ1) is 18.8. The fourth-order valence-electron chi connectivity index (χ4n) is 4.03. The summed E-state index contributed by atoms with van der Waals surface area (Å²) < 4.78 is 0. The number of carbonyl (C=O) groups excluding carboxylic acids is 2. The molecular weight excluding hydrogens is 372 g/mol. The van der Waals surface area contributed by atoms with Crippen molar-refractivity contribution >= 4 is 29.0 Å². The lowest BCUT2D eigenvalue weighted by Gasteiger charge is -2.33. The Morgan fingerprint density at radius 3 is 2.39 bits per heavy atom. The van der Waals surface area contributed by atoms with E-state index in [9.17, 15) is 9.59 Å². The van der Waals surface area contributed by atoms with E-state index in [1.807, 2.05) is 42.5 Å². The summed E-state index contributed by atoms with van der Waals surface area (Å²) in [7, 11) is 0. The molecule has 0 spiro atoms. The zero-order valence-electron chi connectivity index (χ0n) is 15.9. The fraction of sp³-hybridized carbons (Fsp3) is 0.304. The predicted octanol–water partition coefficient (Wildman–Crippen LogP) is 4.35. The van der Waals surface area contributed by atoms with Crippen LogP contribution in [0.3, 0.4) is 0 Å². The van der Waals surface area contributed by atoms with Gasteiger partial charge in [0.15, 0.2) is 0 Å². The van der Waals surface area contributed by atoms with Crippen molar-refractivity contribution in [2.45, 2.75) is 26.3 Å². The number of carbonyl (C=O) groups is 2. The van der Waals surface area contributed by atoms with Crippen LogP contribution in [0.5, 0.6) is 0 Å². The zero-order chi connectivity index (χ0) is 19.7. The molecule has 0 saturated carbocycles. The lowest BCUT2D eigenvalue weighted by Crippen LogP contribution is -2.39. The van der Waals surface area contributed by atoms with Gasteiger partial charge in [-0.25, -0.2) is 0 Å². The third-order valence-corrected chi connectivity index (χ3v) is 5.69.